The summed E-state index contributed by atoms with van der Waals surface area (Å²) in [7, 11) is 2.65. The lowest BCUT2D eigenvalue weighted by atomic mass is 9.75. The minimum Gasteiger partial charge on any atom is -0.507 e. The number of rotatable bonds is 19. The Kier molecular flexibility index (Phi) is 21.3. The molecule has 0 radical (unpaired) electrons. The number of phenols is 2. The number of aromatic hydroxyl groups is 2. The van der Waals surface area contributed by atoms with Crippen LogP contribution in [0.25, 0.3) is 10.8 Å². The molecule has 2 aromatic carbocycles. The Labute approximate surface area is 493 Å². The minimum atomic E-state index is -1.96. The van der Waals surface area contributed by atoms with Crippen LogP contribution in [0.5, 0.6) is 17.2 Å². The number of methoxy groups -OCH3 is 2. The van der Waals surface area contributed by atoms with E-state index in [1.807, 2.05) is 0 Å². The van der Waals surface area contributed by atoms with Crippen LogP contribution in [0.1, 0.15) is 123 Å². The monoisotopic (exact) mass is 1210 g/mol. The molecule has 478 valence electrons. The molecule has 6 aliphatic rings. The molecule has 0 aromatic heterocycles. The maximum atomic E-state index is 15.2. The predicted octanol–water partition coefficient (Wildman–Crippen LogP) is 2.18. The van der Waals surface area contributed by atoms with Gasteiger partial charge in [0.2, 0.25) is 6.29 Å². The number of phenolic OH excluding ortho intramolecular Hbond substituents is 2. The summed E-state index contributed by atoms with van der Waals surface area (Å²) >= 11 is 0. The van der Waals surface area contributed by atoms with Gasteiger partial charge in [0.05, 0.1) is 71.8 Å². The Hall–Kier alpha value is -4.30. The van der Waals surface area contributed by atoms with Crippen LogP contribution in [0.2, 0.25) is 0 Å². The maximum Gasteiger partial charge on any atom is 0.308 e. The predicted molar refractivity (Wildman–Crippen MR) is 292 cm³/mol. The Balaban J connectivity index is 1.03. The largest absolute Gasteiger partial charge is 0.507 e. The SMILES string of the molecule is CO[C@H]1[C@H](O)C[C@@H](O[C@@H]2C[C@H](Oc3cc4cc5c(c(O)c4c(O)c3C)C(=O)[C@@H](O[C@H]3C[C@H](O[C@H]4C[C@H](O[C@H]6C[C@@](C)(O)[C@@H](OC(=O)C(C)C)[C@H](C)O6)[C@H](O)[C@@H](C)O4)[C@H](O)[C@@H](C)O3)[C@H]([C@H](OC)C(=O)[C@@H](O)[C@@H](C)O)C5)O[C@H](C)[C@H]2OC(C)=O)O[C@@H]1C. The third kappa shape index (κ3) is 14.4. The zero-order valence-electron chi connectivity index (χ0n) is 50.3. The fourth-order valence-electron chi connectivity index (χ4n) is 12.5. The Bertz CT molecular complexity index is 2670. The molecule has 85 heavy (non-hydrogen) atoms. The molecule has 8 N–H and O–H groups in total. The standard InChI is InChI=1S/C59H86O26/c1-22(2)58(70)85-57-29(9)78-43(21-59(57,11)71)82-37-18-40(74-25(5)49(37)66)81-36-19-42(75-26(6)48(36)65)84-56-33(55(73-13)52(69)47(64)24(4)60)15-31-14-32-16-35(23(3)46(63)44(32)50(67)45(31)51(56)68)80-41-20-38(54(28(8)77-41)79-30(10)61)83-39-17-34(62)53(72-12)27(7)76-39/h14,16,22,24-29,33-34,36-43,47-49,53-57,60,62-67,71H,15,17-21H2,1-13H3/t24-,25-,26-,27-,28-,29+,33+,34-,36+,37+,38-,39-,40+,41+,42+,43+,47+,48-,49-,53-,54-,55+,56+,57+,59-/m1/s1. The zero-order chi connectivity index (χ0) is 62.4. The van der Waals surface area contributed by atoms with Crippen molar-refractivity contribution in [1.29, 1.82) is 0 Å². The average molecular weight is 1210 g/mol. The lowest BCUT2D eigenvalue weighted by Gasteiger charge is -2.47. The molecule has 26 nitrogen and oxygen atoms in total. The average Bonchev–Trinajstić information content (AvgIpc) is 1.54. The zero-order valence-corrected chi connectivity index (χ0v) is 50.3. The van der Waals surface area contributed by atoms with Gasteiger partial charge in [0.15, 0.2) is 48.9 Å². The van der Waals surface area contributed by atoms with Gasteiger partial charge in [-0.25, -0.2) is 0 Å². The Morgan fingerprint density at radius 3 is 1.80 bits per heavy atom. The summed E-state index contributed by atoms with van der Waals surface area (Å²) in [4.78, 5) is 53.9. The van der Waals surface area contributed by atoms with E-state index in [-0.39, 0.29) is 71.7 Å². The number of hydrogen-bond acceptors (Lipinski definition) is 26. The van der Waals surface area contributed by atoms with E-state index >= 15 is 4.79 Å². The highest BCUT2D eigenvalue weighted by molar-refractivity contribution is 6.11. The van der Waals surface area contributed by atoms with Crippen LogP contribution in [0.3, 0.4) is 0 Å². The molecular formula is C59H86O26. The summed E-state index contributed by atoms with van der Waals surface area (Å²) in [6.45, 7) is 17.0. The second-order valence-corrected chi connectivity index (χ2v) is 24.1. The quantitative estimate of drug-likeness (QED) is 0.0935. The number of carbonyl (C=O) groups excluding carboxylic acids is 4. The van der Waals surface area contributed by atoms with Crippen LogP contribution in [0, 0.1) is 18.8 Å². The highest BCUT2D eigenvalue weighted by Crippen LogP contribution is 2.48. The number of ether oxygens (including phenoxy) is 14. The van der Waals surface area contributed by atoms with Crippen LogP contribution >= 0.6 is 0 Å². The number of fused-ring (bicyclic) bond motifs is 2. The van der Waals surface area contributed by atoms with Gasteiger partial charge in [-0.1, -0.05) is 13.8 Å². The summed E-state index contributed by atoms with van der Waals surface area (Å²) in [5.41, 5.74) is -1.53. The highest BCUT2D eigenvalue weighted by Gasteiger charge is 2.53. The second-order valence-electron chi connectivity index (χ2n) is 24.1. The minimum absolute atomic E-state index is 0.0255. The molecule has 5 heterocycles. The first-order valence-corrected chi connectivity index (χ1v) is 29.1. The van der Waals surface area contributed by atoms with Crippen molar-refractivity contribution in [2.45, 2.75) is 262 Å². The molecule has 0 spiro atoms. The van der Waals surface area contributed by atoms with E-state index in [1.54, 1.807) is 41.5 Å². The number of aliphatic hydroxyl groups is 6. The molecule has 0 saturated carbocycles. The maximum absolute atomic E-state index is 15.2. The van der Waals surface area contributed by atoms with E-state index < -0.39 is 194 Å². The van der Waals surface area contributed by atoms with Gasteiger partial charge in [-0.15, -0.1) is 0 Å². The van der Waals surface area contributed by atoms with Gasteiger partial charge in [-0.2, -0.15) is 0 Å². The van der Waals surface area contributed by atoms with Gasteiger partial charge in [0.25, 0.3) is 0 Å². The van der Waals surface area contributed by atoms with Crippen molar-refractivity contribution in [2.24, 2.45) is 11.8 Å². The Morgan fingerprint density at radius 1 is 0.694 bits per heavy atom. The fourth-order valence-corrected chi connectivity index (χ4v) is 12.5. The molecule has 5 aliphatic heterocycles. The number of esters is 2. The highest BCUT2D eigenvalue weighted by atomic mass is 16.7. The van der Waals surface area contributed by atoms with E-state index in [4.69, 9.17) is 66.3 Å². The lowest BCUT2D eigenvalue weighted by molar-refractivity contribution is -0.334. The molecule has 1 aliphatic carbocycles. The second kappa shape index (κ2) is 27.2. The topological polar surface area (TPSA) is 359 Å². The molecule has 0 amide bonds. The van der Waals surface area contributed by atoms with Crippen molar-refractivity contribution >= 4 is 34.3 Å². The molecule has 5 fully saturated rings. The van der Waals surface area contributed by atoms with Crippen molar-refractivity contribution in [2.75, 3.05) is 14.2 Å². The molecule has 2 aromatic rings. The number of ketones is 2. The molecule has 0 bridgehead atoms. The van der Waals surface area contributed by atoms with Crippen LogP contribution in [0.4, 0.5) is 0 Å². The van der Waals surface area contributed by atoms with Crippen LogP contribution in [0.15, 0.2) is 12.1 Å². The molecule has 25 atom stereocenters. The van der Waals surface area contributed by atoms with Crippen LogP contribution in [-0.2, 0) is 82.4 Å². The van der Waals surface area contributed by atoms with Crippen molar-refractivity contribution < 1.29 is 126 Å². The molecular weight excluding hydrogens is 1120 g/mol. The normalized spacial score (nSPS) is 39.2. The van der Waals surface area contributed by atoms with E-state index in [0.29, 0.717) is 0 Å². The third-order valence-corrected chi connectivity index (χ3v) is 17.1. The van der Waals surface area contributed by atoms with Gasteiger partial charge < -0.3 is 107 Å². The first-order valence-electron chi connectivity index (χ1n) is 29.1. The van der Waals surface area contributed by atoms with Gasteiger partial charge in [-0.3, -0.25) is 19.2 Å². The number of carbonyl (C=O) groups is 4. The number of Topliss-reactive ketones (excluding diaryl/α,β-unsaturated/α-hetero) is 2. The smallest absolute Gasteiger partial charge is 0.308 e. The van der Waals surface area contributed by atoms with E-state index in [2.05, 4.69) is 0 Å². The number of aliphatic hydroxyl groups excluding tert-OH is 5. The lowest BCUT2D eigenvalue weighted by Crippen LogP contribution is -2.59. The van der Waals surface area contributed by atoms with E-state index in [0.717, 1.165) is 0 Å². The summed E-state index contributed by atoms with van der Waals surface area (Å²) in [6, 6.07) is 3.04. The summed E-state index contributed by atoms with van der Waals surface area (Å²) in [5.74, 6) is -5.68. The Morgan fingerprint density at radius 2 is 1.24 bits per heavy atom. The van der Waals surface area contributed by atoms with E-state index in [9.17, 15) is 55.2 Å². The van der Waals surface area contributed by atoms with Crippen molar-refractivity contribution in [1.82, 2.24) is 0 Å². The van der Waals surface area contributed by atoms with Crippen LogP contribution < -0.4 is 4.74 Å². The number of hydrogen-bond donors (Lipinski definition) is 8. The summed E-state index contributed by atoms with van der Waals surface area (Å²) in [6.07, 6.45) is -25.9. The van der Waals surface area contributed by atoms with Crippen molar-refractivity contribution in [3.63, 3.8) is 0 Å². The van der Waals surface area contributed by atoms with Crippen molar-refractivity contribution in [3.8, 4) is 17.2 Å². The van der Waals surface area contributed by atoms with E-state index in [1.165, 1.54) is 61.0 Å². The summed E-state index contributed by atoms with van der Waals surface area (Å²) in [5, 5.41) is 90.4. The third-order valence-electron chi connectivity index (χ3n) is 17.1. The van der Waals surface area contributed by atoms with Gasteiger partial charge >= 0.3 is 11.9 Å². The molecule has 0 unspecified atom stereocenters. The molecule has 8 rings (SSSR count). The van der Waals surface area contributed by atoms with Crippen molar-refractivity contribution in [3.05, 3.63) is 28.8 Å². The van der Waals surface area contributed by atoms with Gasteiger partial charge in [0, 0.05) is 64.7 Å². The van der Waals surface area contributed by atoms with Gasteiger partial charge in [-0.05, 0) is 84.9 Å². The van der Waals surface area contributed by atoms with Crippen LogP contribution in [-0.4, -0.2) is 225 Å². The fraction of sp³-hybridized carbons (Fsp3) is 0.763. The first kappa shape index (κ1) is 66.6. The molecule has 5 saturated heterocycles. The summed E-state index contributed by atoms with van der Waals surface area (Å²) < 4.78 is 84.7. The molecule has 26 heteroatoms. The first-order chi connectivity index (χ1) is 39.9. The van der Waals surface area contributed by atoms with Gasteiger partial charge in [0.1, 0.15) is 65.6 Å². The number of benzene rings is 2.